The summed E-state index contributed by atoms with van der Waals surface area (Å²) in [4.78, 5) is 31.8. The highest BCUT2D eigenvalue weighted by atomic mass is 79.9. The molecule has 0 fully saturated rings. The largest absolute Gasteiger partial charge is 0.477 e. The van der Waals surface area contributed by atoms with Crippen LogP contribution >= 0.6 is 54.8 Å². The number of thiazole rings is 1. The quantitative estimate of drug-likeness (QED) is 0.355. The number of esters is 1. The molecule has 0 radical (unpaired) electrons. The van der Waals surface area contributed by atoms with Crippen molar-refractivity contribution in [3.8, 4) is 11.8 Å². The number of carbonyl (C=O) groups is 1. The van der Waals surface area contributed by atoms with Crippen LogP contribution in [-0.2, 0) is 9.53 Å². The number of hydrogen-bond donors (Lipinski definition) is 0. The average molecular weight is 652 g/mol. The Kier molecular flexibility index (Phi) is 8.15. The van der Waals surface area contributed by atoms with Crippen LogP contribution in [0.2, 0.25) is 5.02 Å². The van der Waals surface area contributed by atoms with Gasteiger partial charge in [0.2, 0.25) is 0 Å². The van der Waals surface area contributed by atoms with Gasteiger partial charge in [0, 0.05) is 15.1 Å². The second-order valence-electron chi connectivity index (χ2n) is 7.58. The third-order valence-corrected chi connectivity index (χ3v) is 7.70. The summed E-state index contributed by atoms with van der Waals surface area (Å²) in [7, 11) is 0. The number of ether oxygens (including phenoxy) is 2. The molecule has 4 rings (SSSR count). The number of nitriles is 1. The van der Waals surface area contributed by atoms with Crippen molar-refractivity contribution in [3.63, 3.8) is 0 Å². The molecule has 2 aromatic carbocycles. The predicted octanol–water partition coefficient (Wildman–Crippen LogP) is 4.88. The highest BCUT2D eigenvalue weighted by Gasteiger charge is 2.34. The smallest absolute Gasteiger partial charge is 0.338 e. The third-order valence-electron chi connectivity index (χ3n) is 5.32. The number of hydrogen-bond acceptors (Lipinski definition) is 7. The van der Waals surface area contributed by atoms with Crippen LogP contribution in [0, 0.1) is 11.3 Å². The molecular formula is C25H18Br2ClN3O4S. The third kappa shape index (κ3) is 5.06. The zero-order valence-corrected chi connectivity index (χ0v) is 23.8. The Balaban J connectivity index is 1.99. The van der Waals surface area contributed by atoms with Gasteiger partial charge in [0.15, 0.2) is 11.4 Å². The fraction of sp³-hybridized carbons (Fsp3) is 0.200. The Morgan fingerprint density at radius 1 is 1.33 bits per heavy atom. The van der Waals surface area contributed by atoms with Gasteiger partial charge in [-0.25, -0.2) is 9.79 Å². The molecule has 0 unspecified atom stereocenters. The van der Waals surface area contributed by atoms with Crippen LogP contribution in [0.4, 0.5) is 0 Å². The van der Waals surface area contributed by atoms with E-state index in [2.05, 4.69) is 36.9 Å². The van der Waals surface area contributed by atoms with Gasteiger partial charge >= 0.3 is 5.97 Å². The van der Waals surface area contributed by atoms with Gasteiger partial charge in [0.25, 0.3) is 5.56 Å². The molecule has 0 saturated carbocycles. The molecule has 3 aromatic rings. The van der Waals surface area contributed by atoms with Crippen LogP contribution < -0.4 is 19.6 Å². The molecule has 1 aliphatic rings. The lowest BCUT2D eigenvalue weighted by atomic mass is 9.96. The average Bonchev–Trinajstić information content (AvgIpc) is 3.12. The van der Waals surface area contributed by atoms with E-state index < -0.39 is 12.0 Å². The zero-order chi connectivity index (χ0) is 26.0. The topological polar surface area (TPSA) is 93.7 Å². The van der Waals surface area contributed by atoms with Crippen LogP contribution in [0.15, 0.2) is 66.4 Å². The van der Waals surface area contributed by atoms with Crippen LogP contribution in [0.3, 0.4) is 0 Å². The minimum Gasteiger partial charge on any atom is -0.477 e. The van der Waals surface area contributed by atoms with Crippen LogP contribution in [0.5, 0.6) is 5.75 Å². The molecule has 1 atom stereocenters. The van der Waals surface area contributed by atoms with Crippen LogP contribution in [0.1, 0.15) is 31.0 Å². The van der Waals surface area contributed by atoms with Crippen LogP contribution in [0.25, 0.3) is 6.08 Å². The van der Waals surface area contributed by atoms with E-state index in [0.717, 1.165) is 4.47 Å². The van der Waals surface area contributed by atoms with Crippen molar-refractivity contribution in [1.29, 1.82) is 5.26 Å². The van der Waals surface area contributed by atoms with E-state index in [0.29, 0.717) is 41.4 Å². The van der Waals surface area contributed by atoms with Crippen molar-refractivity contribution >= 4 is 66.8 Å². The van der Waals surface area contributed by atoms with Gasteiger partial charge in [-0.3, -0.25) is 9.36 Å². The van der Waals surface area contributed by atoms with Gasteiger partial charge in [-0.2, -0.15) is 5.26 Å². The summed E-state index contributed by atoms with van der Waals surface area (Å²) in [5.74, 6) is -0.127. The maximum atomic E-state index is 13.8. The van der Waals surface area contributed by atoms with E-state index >= 15 is 0 Å². The lowest BCUT2D eigenvalue weighted by Gasteiger charge is -2.25. The van der Waals surface area contributed by atoms with Crippen molar-refractivity contribution in [2.75, 3.05) is 13.2 Å². The summed E-state index contributed by atoms with van der Waals surface area (Å²) in [6.45, 7) is 3.46. The summed E-state index contributed by atoms with van der Waals surface area (Å²) in [6.07, 6.45) is 1.68. The Bertz CT molecular complexity index is 1620. The second kappa shape index (κ2) is 11.1. The molecule has 0 spiro atoms. The van der Waals surface area contributed by atoms with Crippen LogP contribution in [-0.4, -0.2) is 23.8 Å². The van der Waals surface area contributed by atoms with Gasteiger partial charge in [0.05, 0.1) is 26.9 Å². The Hall–Kier alpha value is -2.71. The molecule has 36 heavy (non-hydrogen) atoms. The highest BCUT2D eigenvalue weighted by molar-refractivity contribution is 9.11. The van der Waals surface area contributed by atoms with Crippen molar-refractivity contribution in [1.82, 2.24) is 4.57 Å². The fourth-order valence-electron chi connectivity index (χ4n) is 3.87. The van der Waals surface area contributed by atoms with Crippen molar-refractivity contribution < 1.29 is 14.3 Å². The summed E-state index contributed by atoms with van der Waals surface area (Å²) >= 11 is 14.6. The lowest BCUT2D eigenvalue weighted by Crippen LogP contribution is -2.40. The molecule has 7 nitrogen and oxygen atoms in total. The number of aromatic nitrogens is 1. The lowest BCUT2D eigenvalue weighted by molar-refractivity contribution is -0.139. The first kappa shape index (κ1) is 26.4. The molecule has 11 heteroatoms. The van der Waals surface area contributed by atoms with E-state index in [1.54, 1.807) is 56.3 Å². The molecule has 2 heterocycles. The summed E-state index contributed by atoms with van der Waals surface area (Å²) in [5.41, 5.74) is 1.54. The van der Waals surface area contributed by atoms with E-state index in [-0.39, 0.29) is 24.3 Å². The minimum atomic E-state index is -0.806. The molecule has 0 saturated heterocycles. The van der Waals surface area contributed by atoms with E-state index in [4.69, 9.17) is 26.3 Å². The number of halogens is 3. The standard InChI is InChI=1S/C25H18Br2ClN3O4S/c1-3-34-24(33)20-13(2)30-25-31(21(20)16-6-4-5-7-18(16)28)23(32)19(36-25)11-14-10-15(26)12-17(27)22(14)35-9-8-29/h4-7,10-12,21H,3,9H2,1-2H3/b19-11-/t21-/m0/s1. The first-order valence-electron chi connectivity index (χ1n) is 10.7. The molecule has 1 aromatic heterocycles. The predicted molar refractivity (Wildman–Crippen MR) is 145 cm³/mol. The van der Waals surface area contributed by atoms with Gasteiger partial charge in [-0.15, -0.1) is 0 Å². The Morgan fingerprint density at radius 3 is 2.78 bits per heavy atom. The zero-order valence-electron chi connectivity index (χ0n) is 19.0. The number of fused-ring (bicyclic) bond motifs is 1. The maximum absolute atomic E-state index is 13.8. The number of nitrogens with zero attached hydrogens (tertiary/aromatic N) is 3. The molecule has 0 aliphatic carbocycles. The minimum absolute atomic E-state index is 0.156. The monoisotopic (exact) mass is 649 g/mol. The molecule has 0 N–H and O–H groups in total. The maximum Gasteiger partial charge on any atom is 0.338 e. The Labute approximate surface area is 232 Å². The fourth-order valence-corrected chi connectivity index (χ4v) is 6.52. The molecule has 0 bridgehead atoms. The van der Waals surface area contributed by atoms with Crippen molar-refractivity contribution in [2.45, 2.75) is 19.9 Å². The van der Waals surface area contributed by atoms with Crippen molar-refractivity contribution in [3.05, 3.63) is 92.5 Å². The van der Waals surface area contributed by atoms with E-state index in [1.165, 1.54) is 15.9 Å². The molecule has 0 amide bonds. The number of carbonyl (C=O) groups excluding carboxylic acids is 1. The Morgan fingerprint density at radius 2 is 2.08 bits per heavy atom. The first-order valence-corrected chi connectivity index (χ1v) is 13.5. The number of rotatable bonds is 6. The first-order chi connectivity index (χ1) is 17.3. The van der Waals surface area contributed by atoms with E-state index in [9.17, 15) is 9.59 Å². The van der Waals surface area contributed by atoms with Gasteiger partial charge < -0.3 is 9.47 Å². The highest BCUT2D eigenvalue weighted by Crippen LogP contribution is 2.35. The molecule has 1 aliphatic heterocycles. The van der Waals surface area contributed by atoms with Crippen molar-refractivity contribution in [2.24, 2.45) is 4.99 Å². The van der Waals surface area contributed by atoms with E-state index in [1.807, 2.05) is 6.07 Å². The van der Waals surface area contributed by atoms with Gasteiger partial charge in [-0.1, -0.05) is 57.1 Å². The summed E-state index contributed by atoms with van der Waals surface area (Å²) in [5, 5.41) is 9.39. The second-order valence-corrected chi connectivity index (χ2v) is 10.8. The number of allylic oxidation sites excluding steroid dienone is 1. The summed E-state index contributed by atoms with van der Waals surface area (Å²) < 4.78 is 14.1. The number of benzene rings is 2. The molecule has 184 valence electrons. The molecular weight excluding hydrogens is 634 g/mol. The summed E-state index contributed by atoms with van der Waals surface area (Å²) in [6, 6.07) is 11.8. The SMILES string of the molecule is CCOC(=O)C1=C(C)N=c2s/c(=C\c3cc(Br)cc(Br)c3OCC#N)c(=O)n2[C@H]1c1ccccc1Cl. The van der Waals surface area contributed by atoms with Gasteiger partial charge in [0.1, 0.15) is 17.9 Å². The van der Waals surface area contributed by atoms with Gasteiger partial charge in [-0.05, 0) is 59.6 Å². The normalized spacial score (nSPS) is 15.2.